The van der Waals surface area contributed by atoms with Crippen LogP contribution >= 0.6 is 0 Å². The van der Waals surface area contributed by atoms with Gasteiger partial charge in [0.15, 0.2) is 5.65 Å². The van der Waals surface area contributed by atoms with Crippen molar-refractivity contribution in [1.29, 1.82) is 0 Å². The summed E-state index contributed by atoms with van der Waals surface area (Å²) in [7, 11) is 1.79. The fourth-order valence-corrected chi connectivity index (χ4v) is 3.94. The highest BCUT2D eigenvalue weighted by Crippen LogP contribution is 2.43. The standard InChI is InChI=1S/C19H21N5O/c1-12-10-19(2,3)24(16-8-6-5-7-14(12)16)18(25)13-9-15-17(20-11-13)23(4)22-21-15/h5-9,11-12H,10H2,1-4H3. The number of carbonyl (C=O) groups excluding carboxylic acids is 1. The summed E-state index contributed by atoms with van der Waals surface area (Å²) in [4.78, 5) is 19.6. The molecule has 1 atom stereocenters. The Hall–Kier alpha value is -2.76. The van der Waals surface area contributed by atoms with Gasteiger partial charge < -0.3 is 4.90 Å². The summed E-state index contributed by atoms with van der Waals surface area (Å²) >= 11 is 0. The molecule has 0 aliphatic carbocycles. The summed E-state index contributed by atoms with van der Waals surface area (Å²) in [6.45, 7) is 6.45. The number of aryl methyl sites for hydroxylation is 1. The number of pyridine rings is 1. The van der Waals surface area contributed by atoms with Gasteiger partial charge in [0, 0.05) is 24.5 Å². The number of benzene rings is 1. The van der Waals surface area contributed by atoms with Crippen LogP contribution in [0.25, 0.3) is 11.2 Å². The zero-order valence-corrected chi connectivity index (χ0v) is 14.9. The molecule has 1 aliphatic rings. The van der Waals surface area contributed by atoms with Crippen LogP contribution in [-0.4, -0.2) is 31.4 Å². The van der Waals surface area contributed by atoms with E-state index in [1.54, 1.807) is 24.0 Å². The van der Waals surface area contributed by atoms with E-state index in [0.717, 1.165) is 12.1 Å². The van der Waals surface area contributed by atoms with Crippen LogP contribution in [0.4, 0.5) is 5.69 Å². The molecular weight excluding hydrogens is 314 g/mol. The molecule has 6 heteroatoms. The minimum atomic E-state index is -0.276. The molecule has 3 aromatic rings. The van der Waals surface area contributed by atoms with Crippen molar-refractivity contribution in [3.63, 3.8) is 0 Å². The van der Waals surface area contributed by atoms with Crippen LogP contribution in [0.15, 0.2) is 36.5 Å². The Bertz CT molecular complexity index is 975. The van der Waals surface area contributed by atoms with Crippen molar-refractivity contribution in [2.24, 2.45) is 7.05 Å². The van der Waals surface area contributed by atoms with Crippen LogP contribution in [0.2, 0.25) is 0 Å². The van der Waals surface area contributed by atoms with Crippen LogP contribution in [0, 0.1) is 0 Å². The normalized spacial score (nSPS) is 19.0. The lowest BCUT2D eigenvalue weighted by Gasteiger charge is -2.46. The third-order valence-electron chi connectivity index (χ3n) is 5.01. The summed E-state index contributed by atoms with van der Waals surface area (Å²) in [5.74, 6) is 0.361. The maximum Gasteiger partial charge on any atom is 0.260 e. The SMILES string of the molecule is CC1CC(C)(C)N(C(=O)c2cnc3c(c2)nnn3C)c2ccccc21. The van der Waals surface area contributed by atoms with Gasteiger partial charge in [-0.15, -0.1) is 5.10 Å². The first kappa shape index (κ1) is 15.7. The van der Waals surface area contributed by atoms with Gasteiger partial charge in [0.2, 0.25) is 0 Å². The van der Waals surface area contributed by atoms with Gasteiger partial charge in [0.1, 0.15) is 5.52 Å². The highest BCUT2D eigenvalue weighted by molar-refractivity contribution is 6.08. The van der Waals surface area contributed by atoms with E-state index >= 15 is 0 Å². The maximum atomic E-state index is 13.4. The lowest BCUT2D eigenvalue weighted by Crippen LogP contribution is -2.51. The van der Waals surface area contributed by atoms with Crippen molar-refractivity contribution in [3.05, 3.63) is 47.7 Å². The first-order chi connectivity index (χ1) is 11.9. The zero-order valence-electron chi connectivity index (χ0n) is 14.9. The van der Waals surface area contributed by atoms with Gasteiger partial charge in [0.05, 0.1) is 5.56 Å². The molecule has 1 aliphatic heterocycles. The van der Waals surface area contributed by atoms with E-state index in [-0.39, 0.29) is 11.4 Å². The second kappa shape index (κ2) is 5.37. The Labute approximate surface area is 146 Å². The molecule has 0 saturated carbocycles. The second-order valence-electron chi connectivity index (χ2n) is 7.40. The molecule has 0 saturated heterocycles. The quantitative estimate of drug-likeness (QED) is 0.684. The summed E-state index contributed by atoms with van der Waals surface area (Å²) in [5, 5.41) is 8.04. The number of aromatic nitrogens is 4. The van der Waals surface area contributed by atoms with E-state index in [1.165, 1.54) is 5.56 Å². The predicted octanol–water partition coefficient (Wildman–Crippen LogP) is 3.30. The van der Waals surface area contributed by atoms with E-state index in [2.05, 4.69) is 42.1 Å². The molecule has 0 N–H and O–H groups in total. The summed E-state index contributed by atoms with van der Waals surface area (Å²) in [6, 6.07) is 9.92. The zero-order chi connectivity index (χ0) is 17.8. The molecule has 4 rings (SSSR count). The Morgan fingerprint density at radius 3 is 2.84 bits per heavy atom. The first-order valence-electron chi connectivity index (χ1n) is 8.47. The summed E-state index contributed by atoms with van der Waals surface area (Å²) in [5.41, 5.74) is 3.75. The number of rotatable bonds is 1. The Balaban J connectivity index is 1.83. The fourth-order valence-electron chi connectivity index (χ4n) is 3.94. The molecular formula is C19H21N5O. The molecule has 1 unspecified atom stereocenters. The molecule has 0 fully saturated rings. The van der Waals surface area contributed by atoms with Gasteiger partial charge in [-0.3, -0.25) is 4.79 Å². The van der Waals surface area contributed by atoms with E-state index in [4.69, 9.17) is 0 Å². The monoisotopic (exact) mass is 335 g/mol. The van der Waals surface area contributed by atoms with Crippen molar-refractivity contribution in [3.8, 4) is 0 Å². The highest BCUT2D eigenvalue weighted by Gasteiger charge is 2.40. The summed E-state index contributed by atoms with van der Waals surface area (Å²) in [6.07, 6.45) is 2.53. The molecule has 25 heavy (non-hydrogen) atoms. The van der Waals surface area contributed by atoms with Crippen LogP contribution < -0.4 is 4.90 Å². The van der Waals surface area contributed by atoms with E-state index in [1.807, 2.05) is 23.1 Å². The number of fused-ring (bicyclic) bond motifs is 2. The molecule has 2 aromatic heterocycles. The number of hydrogen-bond donors (Lipinski definition) is 0. The molecule has 3 heterocycles. The minimum absolute atomic E-state index is 0.0515. The van der Waals surface area contributed by atoms with Crippen molar-refractivity contribution in [2.45, 2.75) is 38.6 Å². The van der Waals surface area contributed by atoms with Gasteiger partial charge in [-0.2, -0.15) is 0 Å². The van der Waals surface area contributed by atoms with Gasteiger partial charge in [-0.05, 0) is 43.9 Å². The lowest BCUT2D eigenvalue weighted by atomic mass is 9.80. The molecule has 0 spiro atoms. The lowest BCUT2D eigenvalue weighted by molar-refractivity contribution is 0.0953. The minimum Gasteiger partial charge on any atom is -0.302 e. The number of carbonyl (C=O) groups is 1. The third kappa shape index (κ3) is 2.40. The van der Waals surface area contributed by atoms with E-state index < -0.39 is 0 Å². The first-order valence-corrected chi connectivity index (χ1v) is 8.47. The summed E-state index contributed by atoms with van der Waals surface area (Å²) < 4.78 is 1.60. The molecule has 0 bridgehead atoms. The van der Waals surface area contributed by atoms with Gasteiger partial charge in [-0.1, -0.05) is 30.3 Å². The largest absolute Gasteiger partial charge is 0.302 e. The van der Waals surface area contributed by atoms with Crippen molar-refractivity contribution < 1.29 is 4.79 Å². The average molecular weight is 335 g/mol. The van der Waals surface area contributed by atoms with Crippen molar-refractivity contribution in [2.75, 3.05) is 4.90 Å². The Morgan fingerprint density at radius 2 is 2.04 bits per heavy atom. The maximum absolute atomic E-state index is 13.4. The van der Waals surface area contributed by atoms with Crippen molar-refractivity contribution in [1.82, 2.24) is 20.0 Å². The van der Waals surface area contributed by atoms with E-state index in [0.29, 0.717) is 22.6 Å². The van der Waals surface area contributed by atoms with Crippen molar-refractivity contribution >= 4 is 22.8 Å². The van der Waals surface area contributed by atoms with Gasteiger partial charge in [0.25, 0.3) is 5.91 Å². The Kier molecular flexibility index (Phi) is 3.39. The number of nitrogens with zero attached hydrogens (tertiary/aromatic N) is 5. The molecule has 128 valence electrons. The second-order valence-corrected chi connectivity index (χ2v) is 7.40. The van der Waals surface area contributed by atoms with Crippen LogP contribution in [-0.2, 0) is 7.05 Å². The van der Waals surface area contributed by atoms with Crippen LogP contribution in [0.5, 0.6) is 0 Å². The molecule has 1 aromatic carbocycles. The number of anilines is 1. The number of para-hydroxylation sites is 1. The fraction of sp³-hybridized carbons (Fsp3) is 0.368. The smallest absolute Gasteiger partial charge is 0.260 e. The topological polar surface area (TPSA) is 63.9 Å². The van der Waals surface area contributed by atoms with Gasteiger partial charge >= 0.3 is 0 Å². The molecule has 1 amide bonds. The predicted molar refractivity (Wildman–Crippen MR) is 96.7 cm³/mol. The van der Waals surface area contributed by atoms with Crippen LogP contribution in [0.3, 0.4) is 0 Å². The van der Waals surface area contributed by atoms with E-state index in [9.17, 15) is 4.79 Å². The molecule has 6 nitrogen and oxygen atoms in total. The Morgan fingerprint density at radius 1 is 1.28 bits per heavy atom. The number of amides is 1. The number of hydrogen-bond acceptors (Lipinski definition) is 4. The molecule has 0 radical (unpaired) electrons. The third-order valence-corrected chi connectivity index (χ3v) is 5.01. The highest BCUT2D eigenvalue weighted by atomic mass is 16.2. The average Bonchev–Trinajstić information content (AvgIpc) is 2.94. The van der Waals surface area contributed by atoms with Crippen LogP contribution in [0.1, 0.15) is 49.0 Å². The van der Waals surface area contributed by atoms with Gasteiger partial charge in [-0.25, -0.2) is 9.67 Å².